The molecule has 3 rings (SSSR count). The quantitative estimate of drug-likeness (QED) is 0.748. The topological polar surface area (TPSA) is 102 Å². The Morgan fingerprint density at radius 1 is 1.52 bits per heavy atom. The van der Waals surface area contributed by atoms with Crippen LogP contribution >= 0.6 is 12.2 Å². The maximum absolute atomic E-state index is 14.7. The van der Waals surface area contributed by atoms with Gasteiger partial charge in [0, 0.05) is 13.1 Å². The van der Waals surface area contributed by atoms with E-state index in [1.807, 2.05) is 0 Å². The number of hydrogen-bond donors (Lipinski definition) is 2. The number of carbonyl (C=O) groups excluding carboxylic acids is 2. The van der Waals surface area contributed by atoms with Crippen LogP contribution in [-0.4, -0.2) is 45.7 Å². The summed E-state index contributed by atoms with van der Waals surface area (Å²) < 4.78 is 21.4. The Balaban J connectivity index is 1.82. The fourth-order valence-electron chi connectivity index (χ4n) is 2.79. The third kappa shape index (κ3) is 3.90. The van der Waals surface area contributed by atoms with E-state index in [4.69, 9.17) is 22.7 Å². The lowest BCUT2D eigenvalue weighted by Crippen LogP contribution is -2.33. The number of anilines is 1. The van der Waals surface area contributed by atoms with Crippen LogP contribution < -0.4 is 16.0 Å². The molecule has 1 atom stereocenters. The summed E-state index contributed by atoms with van der Waals surface area (Å²) in [5, 5.41) is 2.59. The lowest BCUT2D eigenvalue weighted by Gasteiger charge is -2.15. The normalized spacial score (nSPS) is 16.3. The Morgan fingerprint density at radius 3 is 2.85 bits per heavy atom. The summed E-state index contributed by atoms with van der Waals surface area (Å²) in [5.41, 5.74) is 6.58. The summed E-state index contributed by atoms with van der Waals surface area (Å²) in [6.07, 6.45) is 0.476. The lowest BCUT2D eigenvalue weighted by molar-refractivity contribution is -0.119. The number of hydrogen-bond acceptors (Lipinski definition) is 5. The van der Waals surface area contributed by atoms with Crippen LogP contribution in [-0.2, 0) is 9.53 Å². The van der Waals surface area contributed by atoms with Crippen LogP contribution in [0.5, 0.6) is 0 Å². The highest BCUT2D eigenvalue weighted by atomic mass is 32.1. The van der Waals surface area contributed by atoms with E-state index >= 15 is 0 Å². The van der Waals surface area contributed by atoms with Gasteiger partial charge in [-0.15, -0.1) is 0 Å². The van der Waals surface area contributed by atoms with Crippen LogP contribution in [0, 0.1) is 12.7 Å². The van der Waals surface area contributed by atoms with Crippen molar-refractivity contribution >= 4 is 34.9 Å². The van der Waals surface area contributed by atoms with Crippen molar-refractivity contribution in [2.24, 2.45) is 5.73 Å². The number of nitrogens with one attached hydrogen (secondary N) is 1. The number of benzene rings is 1. The molecule has 0 spiro atoms. The second kappa shape index (κ2) is 7.31. The average molecular weight is 391 g/mol. The molecule has 1 aliphatic heterocycles. The van der Waals surface area contributed by atoms with Gasteiger partial charge in [-0.1, -0.05) is 12.2 Å². The van der Waals surface area contributed by atoms with Gasteiger partial charge in [0.1, 0.15) is 28.4 Å². The van der Waals surface area contributed by atoms with Gasteiger partial charge < -0.3 is 20.4 Å². The molecule has 1 aromatic heterocycles. The van der Waals surface area contributed by atoms with Crippen molar-refractivity contribution in [3.8, 4) is 5.69 Å². The van der Waals surface area contributed by atoms with E-state index < -0.39 is 18.0 Å². The zero-order valence-electron chi connectivity index (χ0n) is 14.7. The van der Waals surface area contributed by atoms with E-state index in [0.29, 0.717) is 17.2 Å². The van der Waals surface area contributed by atoms with Gasteiger partial charge in [0.2, 0.25) is 5.91 Å². The Morgan fingerprint density at radius 2 is 2.26 bits per heavy atom. The molecule has 1 aromatic carbocycles. The minimum atomic E-state index is -0.591. The van der Waals surface area contributed by atoms with E-state index in [2.05, 4.69) is 10.3 Å². The third-order valence-corrected chi connectivity index (χ3v) is 4.30. The number of thiocarbonyl (C=S) groups is 1. The SMILES string of the molecule is CC(=O)NC[C@H]1CN(c2ccc(-n3cc(C(N)=S)nc3C)c(F)c2)C(=O)O1. The number of cyclic esters (lactones) is 1. The molecule has 10 heteroatoms. The molecule has 142 valence electrons. The fraction of sp³-hybridized carbons (Fsp3) is 0.294. The zero-order chi connectivity index (χ0) is 19.7. The number of aryl methyl sites for hydroxylation is 1. The van der Waals surface area contributed by atoms with E-state index in [0.717, 1.165) is 0 Å². The minimum Gasteiger partial charge on any atom is -0.442 e. The van der Waals surface area contributed by atoms with Crippen LogP contribution in [0.2, 0.25) is 0 Å². The smallest absolute Gasteiger partial charge is 0.414 e. The third-order valence-electron chi connectivity index (χ3n) is 4.09. The van der Waals surface area contributed by atoms with E-state index in [-0.39, 0.29) is 29.7 Å². The number of nitrogens with zero attached hydrogens (tertiary/aromatic N) is 3. The first-order valence-electron chi connectivity index (χ1n) is 8.14. The van der Waals surface area contributed by atoms with Gasteiger partial charge in [-0.05, 0) is 25.1 Å². The van der Waals surface area contributed by atoms with Crippen molar-refractivity contribution in [1.82, 2.24) is 14.9 Å². The van der Waals surface area contributed by atoms with Crippen LogP contribution in [0.25, 0.3) is 5.69 Å². The molecule has 2 heterocycles. The van der Waals surface area contributed by atoms with Crippen molar-refractivity contribution in [2.45, 2.75) is 20.0 Å². The Bertz CT molecular complexity index is 929. The maximum atomic E-state index is 14.7. The number of aromatic nitrogens is 2. The lowest BCUT2D eigenvalue weighted by atomic mass is 10.2. The number of halogens is 1. The molecule has 0 saturated carbocycles. The first-order valence-corrected chi connectivity index (χ1v) is 8.55. The largest absolute Gasteiger partial charge is 0.442 e. The molecule has 0 unspecified atom stereocenters. The molecule has 3 N–H and O–H groups in total. The molecule has 1 aliphatic rings. The number of carbonyl (C=O) groups is 2. The number of imidazole rings is 1. The molecule has 0 bridgehead atoms. The van der Waals surface area contributed by atoms with Crippen LogP contribution in [0.4, 0.5) is 14.9 Å². The van der Waals surface area contributed by atoms with Crippen molar-refractivity contribution in [2.75, 3.05) is 18.0 Å². The first kappa shape index (κ1) is 18.8. The number of rotatable bonds is 5. The molecule has 2 aromatic rings. The van der Waals surface area contributed by atoms with Gasteiger partial charge in [0.25, 0.3) is 0 Å². The summed E-state index contributed by atoms with van der Waals surface area (Å²) in [4.78, 5) is 28.7. The van der Waals surface area contributed by atoms with E-state index in [1.165, 1.54) is 28.5 Å². The van der Waals surface area contributed by atoms with Gasteiger partial charge in [-0.25, -0.2) is 14.2 Å². The maximum Gasteiger partial charge on any atom is 0.414 e. The van der Waals surface area contributed by atoms with Crippen molar-refractivity contribution in [3.63, 3.8) is 0 Å². The summed E-state index contributed by atoms with van der Waals surface area (Å²) in [7, 11) is 0. The van der Waals surface area contributed by atoms with E-state index in [9.17, 15) is 14.0 Å². The summed E-state index contributed by atoms with van der Waals surface area (Å²) in [6, 6.07) is 4.40. The van der Waals surface area contributed by atoms with Gasteiger partial charge in [0.05, 0.1) is 24.5 Å². The second-order valence-electron chi connectivity index (χ2n) is 6.10. The van der Waals surface area contributed by atoms with Crippen LogP contribution in [0.15, 0.2) is 24.4 Å². The Labute approximate surface area is 160 Å². The van der Waals surface area contributed by atoms with Crippen molar-refractivity contribution < 1.29 is 18.7 Å². The van der Waals surface area contributed by atoms with E-state index in [1.54, 1.807) is 19.2 Å². The van der Waals surface area contributed by atoms with Gasteiger partial charge in [0.15, 0.2) is 0 Å². The molecule has 27 heavy (non-hydrogen) atoms. The van der Waals surface area contributed by atoms with Gasteiger partial charge in [-0.3, -0.25) is 9.69 Å². The van der Waals surface area contributed by atoms with Gasteiger partial charge >= 0.3 is 6.09 Å². The zero-order valence-corrected chi connectivity index (χ0v) is 15.5. The molecule has 8 nitrogen and oxygen atoms in total. The second-order valence-corrected chi connectivity index (χ2v) is 6.54. The molecule has 0 radical (unpaired) electrons. The predicted molar refractivity (Wildman–Crippen MR) is 100 cm³/mol. The molecule has 1 fully saturated rings. The first-order chi connectivity index (χ1) is 12.8. The van der Waals surface area contributed by atoms with Crippen molar-refractivity contribution in [3.05, 3.63) is 41.7 Å². The minimum absolute atomic E-state index is 0.124. The number of nitrogens with two attached hydrogens (primary N) is 1. The molecule has 2 amide bonds. The summed E-state index contributed by atoms with van der Waals surface area (Å²) in [5.74, 6) is -0.229. The van der Waals surface area contributed by atoms with Gasteiger partial charge in [-0.2, -0.15) is 0 Å². The molecular formula is C17H18FN5O3S. The summed E-state index contributed by atoms with van der Waals surface area (Å²) >= 11 is 4.90. The highest BCUT2D eigenvalue weighted by Crippen LogP contribution is 2.26. The number of amides is 2. The van der Waals surface area contributed by atoms with Crippen LogP contribution in [0.3, 0.4) is 0 Å². The van der Waals surface area contributed by atoms with Crippen LogP contribution in [0.1, 0.15) is 18.4 Å². The highest BCUT2D eigenvalue weighted by molar-refractivity contribution is 7.80. The predicted octanol–water partition coefficient (Wildman–Crippen LogP) is 1.42. The van der Waals surface area contributed by atoms with Crippen molar-refractivity contribution in [1.29, 1.82) is 0 Å². The molecule has 0 aliphatic carbocycles. The Hall–Kier alpha value is -3.01. The fourth-order valence-corrected chi connectivity index (χ4v) is 2.89. The Kier molecular flexibility index (Phi) is 5.08. The molecule has 1 saturated heterocycles. The monoisotopic (exact) mass is 391 g/mol. The average Bonchev–Trinajstić information content (AvgIpc) is 3.16. The summed E-state index contributed by atoms with van der Waals surface area (Å²) in [6.45, 7) is 3.50. The molecular weight excluding hydrogens is 373 g/mol. The number of ether oxygens (including phenoxy) is 1. The standard InChI is InChI=1S/C17H18FN5O3S/c1-9-21-14(16(19)27)8-22(9)15-4-3-11(5-13(15)18)23-7-12(26-17(23)25)6-20-10(2)24/h3-5,8,12H,6-7H2,1-2H3,(H2,19,27)(H,20,24)/t12-/m0/s1. The highest BCUT2D eigenvalue weighted by Gasteiger charge is 2.32.